The van der Waals surface area contributed by atoms with Crippen LogP contribution >= 0.6 is 0 Å². The Morgan fingerprint density at radius 3 is 2.73 bits per heavy atom. The van der Waals surface area contributed by atoms with Crippen LogP contribution in [0.2, 0.25) is 0 Å². The first-order valence-corrected chi connectivity index (χ1v) is 7.51. The van der Waals surface area contributed by atoms with Crippen LogP contribution in [-0.2, 0) is 4.74 Å². The fourth-order valence-electron chi connectivity index (χ4n) is 2.15. The summed E-state index contributed by atoms with van der Waals surface area (Å²) >= 11 is 0. The van der Waals surface area contributed by atoms with Crippen molar-refractivity contribution in [1.82, 2.24) is 4.90 Å². The van der Waals surface area contributed by atoms with E-state index in [9.17, 15) is 4.79 Å². The Balaban J connectivity index is 2.00. The van der Waals surface area contributed by atoms with E-state index in [1.54, 1.807) is 4.90 Å². The van der Waals surface area contributed by atoms with Crippen molar-refractivity contribution in [3.05, 3.63) is 29.3 Å². The summed E-state index contributed by atoms with van der Waals surface area (Å²) in [7, 11) is 0. The SMILES string of the molecule is Cc1cccc(OCC2=NCCN2C(=O)OC(C)(C)C)c1C. The molecule has 0 spiro atoms. The summed E-state index contributed by atoms with van der Waals surface area (Å²) in [6.07, 6.45) is -0.367. The van der Waals surface area contributed by atoms with E-state index in [2.05, 4.69) is 4.99 Å². The molecule has 1 aliphatic rings. The Morgan fingerprint density at radius 1 is 1.32 bits per heavy atom. The lowest BCUT2D eigenvalue weighted by Gasteiger charge is -2.25. The first-order chi connectivity index (χ1) is 10.3. The highest BCUT2D eigenvalue weighted by Crippen LogP contribution is 2.21. The van der Waals surface area contributed by atoms with E-state index in [1.165, 1.54) is 5.56 Å². The molecule has 1 heterocycles. The molecule has 22 heavy (non-hydrogen) atoms. The number of amides is 1. The predicted octanol–water partition coefficient (Wildman–Crippen LogP) is 3.33. The number of ether oxygens (including phenoxy) is 2. The normalized spacial score (nSPS) is 14.8. The minimum Gasteiger partial charge on any atom is -0.485 e. The van der Waals surface area contributed by atoms with Crippen molar-refractivity contribution >= 4 is 11.9 Å². The van der Waals surface area contributed by atoms with E-state index >= 15 is 0 Å². The number of rotatable bonds is 3. The molecule has 0 atom stereocenters. The first kappa shape index (κ1) is 16.3. The quantitative estimate of drug-likeness (QED) is 0.860. The molecule has 0 aliphatic carbocycles. The van der Waals surface area contributed by atoms with Crippen molar-refractivity contribution in [2.75, 3.05) is 19.7 Å². The zero-order chi connectivity index (χ0) is 16.3. The minimum absolute atomic E-state index is 0.267. The van der Waals surface area contributed by atoms with Crippen LogP contribution < -0.4 is 4.74 Å². The Hall–Kier alpha value is -2.04. The van der Waals surface area contributed by atoms with Gasteiger partial charge in [-0.25, -0.2) is 4.79 Å². The topological polar surface area (TPSA) is 51.1 Å². The highest BCUT2D eigenvalue weighted by Gasteiger charge is 2.28. The summed E-state index contributed by atoms with van der Waals surface area (Å²) in [6.45, 7) is 11.0. The van der Waals surface area contributed by atoms with Crippen LogP contribution in [0.1, 0.15) is 31.9 Å². The highest BCUT2D eigenvalue weighted by molar-refractivity contribution is 5.97. The standard InChI is InChI=1S/C17H24N2O3/c1-12-7-6-8-14(13(12)2)21-11-15-18-9-10-19(15)16(20)22-17(3,4)5/h6-8H,9-11H2,1-5H3. The average Bonchev–Trinajstić information content (AvgIpc) is 2.87. The summed E-state index contributed by atoms with van der Waals surface area (Å²) in [5, 5.41) is 0. The van der Waals surface area contributed by atoms with Crippen molar-refractivity contribution in [2.24, 2.45) is 4.99 Å². The van der Waals surface area contributed by atoms with Crippen LogP contribution in [0.5, 0.6) is 5.75 Å². The van der Waals surface area contributed by atoms with Crippen LogP contribution in [0.15, 0.2) is 23.2 Å². The van der Waals surface area contributed by atoms with Crippen molar-refractivity contribution in [3.8, 4) is 5.75 Å². The molecule has 0 fully saturated rings. The lowest BCUT2D eigenvalue weighted by molar-refractivity contribution is 0.0378. The number of hydrogen-bond donors (Lipinski definition) is 0. The van der Waals surface area contributed by atoms with Crippen molar-refractivity contribution in [2.45, 2.75) is 40.2 Å². The van der Waals surface area contributed by atoms with Crippen molar-refractivity contribution < 1.29 is 14.3 Å². The second-order valence-electron chi connectivity index (χ2n) is 6.42. The number of carbonyl (C=O) groups is 1. The van der Waals surface area contributed by atoms with Gasteiger partial charge in [0.2, 0.25) is 0 Å². The number of benzene rings is 1. The molecule has 0 aromatic heterocycles. The Bertz CT molecular complexity index is 588. The number of amidine groups is 1. The molecule has 0 saturated heterocycles. The molecular formula is C17H24N2O3. The summed E-state index contributed by atoms with van der Waals surface area (Å²) in [6, 6.07) is 5.93. The largest absolute Gasteiger partial charge is 0.485 e. The fourth-order valence-corrected chi connectivity index (χ4v) is 2.15. The number of carbonyl (C=O) groups excluding carboxylic acids is 1. The van der Waals surface area contributed by atoms with Gasteiger partial charge in [0, 0.05) is 0 Å². The summed E-state index contributed by atoms with van der Waals surface area (Å²) in [5.74, 6) is 1.44. The third-order valence-electron chi connectivity index (χ3n) is 3.46. The van der Waals surface area contributed by atoms with Gasteiger partial charge in [0.05, 0.1) is 13.1 Å². The lowest BCUT2D eigenvalue weighted by Crippen LogP contribution is -2.41. The van der Waals surface area contributed by atoms with E-state index in [0.29, 0.717) is 18.9 Å². The number of aliphatic imine (C=N–C) groups is 1. The minimum atomic E-state index is -0.515. The molecule has 1 aliphatic heterocycles. The first-order valence-electron chi connectivity index (χ1n) is 7.51. The third-order valence-corrected chi connectivity index (χ3v) is 3.46. The molecule has 0 bridgehead atoms. The van der Waals surface area contributed by atoms with Gasteiger partial charge in [-0.1, -0.05) is 12.1 Å². The van der Waals surface area contributed by atoms with Gasteiger partial charge in [0.25, 0.3) is 0 Å². The molecule has 0 unspecified atom stereocenters. The molecule has 1 amide bonds. The second-order valence-corrected chi connectivity index (χ2v) is 6.42. The van der Waals surface area contributed by atoms with E-state index in [0.717, 1.165) is 11.3 Å². The van der Waals surface area contributed by atoms with Gasteiger partial charge >= 0.3 is 6.09 Å². The smallest absolute Gasteiger partial charge is 0.415 e. The Kier molecular flexibility index (Phi) is 4.74. The van der Waals surface area contributed by atoms with Crippen LogP contribution in [0.3, 0.4) is 0 Å². The maximum atomic E-state index is 12.2. The van der Waals surface area contributed by atoms with Gasteiger partial charge < -0.3 is 9.47 Å². The van der Waals surface area contributed by atoms with E-state index in [-0.39, 0.29) is 12.7 Å². The molecule has 0 radical (unpaired) electrons. The van der Waals surface area contributed by atoms with Gasteiger partial charge in [0.15, 0.2) is 0 Å². The molecule has 120 valence electrons. The maximum absolute atomic E-state index is 12.2. The summed E-state index contributed by atoms with van der Waals surface area (Å²) in [4.78, 5) is 18.1. The molecule has 1 aromatic carbocycles. The molecule has 1 aromatic rings. The van der Waals surface area contributed by atoms with Crippen LogP contribution in [0.4, 0.5) is 4.79 Å². The number of aryl methyl sites for hydroxylation is 1. The van der Waals surface area contributed by atoms with E-state index in [4.69, 9.17) is 9.47 Å². The van der Waals surface area contributed by atoms with Gasteiger partial charge in [-0.3, -0.25) is 9.89 Å². The molecule has 0 N–H and O–H groups in total. The van der Waals surface area contributed by atoms with Gasteiger partial charge in [-0.05, 0) is 51.8 Å². The fraction of sp³-hybridized carbons (Fsp3) is 0.529. The van der Waals surface area contributed by atoms with Gasteiger partial charge in [-0.2, -0.15) is 0 Å². The second kappa shape index (κ2) is 6.38. The lowest BCUT2D eigenvalue weighted by atomic mass is 10.1. The molecule has 2 rings (SSSR count). The van der Waals surface area contributed by atoms with E-state index < -0.39 is 5.60 Å². The summed E-state index contributed by atoms with van der Waals surface area (Å²) in [5.41, 5.74) is 1.76. The van der Waals surface area contributed by atoms with Crippen molar-refractivity contribution in [1.29, 1.82) is 0 Å². The zero-order valence-electron chi connectivity index (χ0n) is 14.0. The van der Waals surface area contributed by atoms with Crippen LogP contribution in [0, 0.1) is 13.8 Å². The zero-order valence-corrected chi connectivity index (χ0v) is 14.0. The van der Waals surface area contributed by atoms with Crippen LogP contribution in [-0.4, -0.2) is 42.1 Å². The molecule has 0 saturated carbocycles. The number of hydrogen-bond acceptors (Lipinski definition) is 4. The van der Waals surface area contributed by atoms with E-state index in [1.807, 2.05) is 52.8 Å². The highest BCUT2D eigenvalue weighted by atomic mass is 16.6. The average molecular weight is 304 g/mol. The summed E-state index contributed by atoms with van der Waals surface area (Å²) < 4.78 is 11.2. The Morgan fingerprint density at radius 2 is 2.05 bits per heavy atom. The predicted molar refractivity (Wildman–Crippen MR) is 86.7 cm³/mol. The molecular weight excluding hydrogens is 280 g/mol. The van der Waals surface area contributed by atoms with Gasteiger partial charge in [0.1, 0.15) is 23.8 Å². The maximum Gasteiger partial charge on any atom is 0.415 e. The Labute approximate surface area is 131 Å². The van der Waals surface area contributed by atoms with Crippen LogP contribution in [0.25, 0.3) is 0 Å². The monoisotopic (exact) mass is 304 g/mol. The third kappa shape index (κ3) is 4.00. The molecule has 5 heteroatoms. The number of nitrogens with zero attached hydrogens (tertiary/aromatic N) is 2. The van der Waals surface area contributed by atoms with Crippen molar-refractivity contribution in [3.63, 3.8) is 0 Å². The molecule has 5 nitrogen and oxygen atoms in total. The van der Waals surface area contributed by atoms with Gasteiger partial charge in [-0.15, -0.1) is 0 Å².